The topological polar surface area (TPSA) is 63.9 Å². The van der Waals surface area contributed by atoms with E-state index in [0.29, 0.717) is 41.0 Å². The van der Waals surface area contributed by atoms with Crippen molar-refractivity contribution >= 4 is 16.9 Å². The van der Waals surface area contributed by atoms with E-state index in [0.717, 1.165) is 11.6 Å². The Balaban J connectivity index is 1.53. The monoisotopic (exact) mass is 437 g/mol. The summed E-state index contributed by atoms with van der Waals surface area (Å²) < 4.78 is 43.9. The smallest absolute Gasteiger partial charge is 0.257 e. The Hall–Kier alpha value is -3.75. The molecule has 0 saturated heterocycles. The number of aryl methyl sites for hydroxylation is 1. The van der Waals surface area contributed by atoms with E-state index >= 15 is 0 Å². The molecule has 3 heterocycles. The van der Waals surface area contributed by atoms with Gasteiger partial charge in [0.05, 0.1) is 34.0 Å². The van der Waals surface area contributed by atoms with Crippen molar-refractivity contribution < 1.29 is 18.0 Å². The van der Waals surface area contributed by atoms with Crippen molar-refractivity contribution in [1.82, 2.24) is 24.6 Å². The highest BCUT2D eigenvalue weighted by Gasteiger charge is 2.34. The number of carbonyl (C=O) groups is 1. The fourth-order valence-corrected chi connectivity index (χ4v) is 4.38. The van der Waals surface area contributed by atoms with Crippen molar-refractivity contribution in [3.8, 4) is 11.3 Å². The first-order valence-corrected chi connectivity index (χ1v) is 10.1. The normalized spacial score (nSPS) is 15.8. The van der Waals surface area contributed by atoms with Crippen LogP contribution >= 0.6 is 0 Å². The van der Waals surface area contributed by atoms with E-state index < -0.39 is 29.4 Å². The maximum absolute atomic E-state index is 14.7. The number of nitrogens with zero attached hydrogens (tertiary/aromatic N) is 5. The Kier molecular flexibility index (Phi) is 4.69. The molecule has 2 aromatic heterocycles. The summed E-state index contributed by atoms with van der Waals surface area (Å²) in [7, 11) is 1.69. The van der Waals surface area contributed by atoms with E-state index in [4.69, 9.17) is 0 Å². The fraction of sp³-hybridized carbons (Fsp3) is 0.217. The summed E-state index contributed by atoms with van der Waals surface area (Å²) in [5.74, 6) is -2.49. The Morgan fingerprint density at radius 3 is 2.34 bits per heavy atom. The molecule has 4 aromatic rings. The molecule has 0 spiro atoms. The van der Waals surface area contributed by atoms with Crippen LogP contribution < -0.4 is 0 Å². The third kappa shape index (κ3) is 3.21. The van der Waals surface area contributed by atoms with Crippen LogP contribution in [0.4, 0.5) is 13.2 Å². The number of fused-ring (bicyclic) bond motifs is 2. The number of amides is 1. The molecule has 2 aromatic carbocycles. The lowest BCUT2D eigenvalue weighted by Gasteiger charge is -2.33. The molecule has 0 unspecified atom stereocenters. The van der Waals surface area contributed by atoms with Crippen LogP contribution in [0, 0.1) is 17.5 Å². The van der Waals surface area contributed by atoms with E-state index in [-0.39, 0.29) is 5.56 Å². The van der Waals surface area contributed by atoms with Crippen LogP contribution in [-0.4, -0.2) is 37.1 Å². The van der Waals surface area contributed by atoms with Gasteiger partial charge in [-0.05, 0) is 31.5 Å². The lowest BCUT2D eigenvalue weighted by Crippen LogP contribution is -2.39. The first-order valence-electron chi connectivity index (χ1n) is 10.1. The van der Waals surface area contributed by atoms with Crippen LogP contribution in [0.5, 0.6) is 0 Å². The van der Waals surface area contributed by atoms with Crippen LogP contribution in [0.3, 0.4) is 0 Å². The van der Waals surface area contributed by atoms with Gasteiger partial charge in [0, 0.05) is 49.2 Å². The standard InChI is InChI=1S/C23H18F3N5O/c1-12-21-16(22(30(2)29-21)13-7-14(24)9-15(25)8-13)3-6-31(12)23(32)17-10-19-20(11-18(17)26)28-5-4-27-19/h4-5,7-12H,3,6H2,1-2H3/t12-/m0/s1. The highest BCUT2D eigenvalue weighted by Crippen LogP contribution is 2.36. The summed E-state index contributed by atoms with van der Waals surface area (Å²) in [5, 5.41) is 4.53. The van der Waals surface area contributed by atoms with Crippen molar-refractivity contribution in [3.05, 3.63) is 77.0 Å². The van der Waals surface area contributed by atoms with Crippen molar-refractivity contribution in [3.63, 3.8) is 0 Å². The van der Waals surface area contributed by atoms with E-state index in [1.54, 1.807) is 23.6 Å². The molecule has 0 aliphatic carbocycles. The maximum Gasteiger partial charge on any atom is 0.257 e. The molecule has 5 rings (SSSR count). The highest BCUT2D eigenvalue weighted by atomic mass is 19.1. The zero-order chi connectivity index (χ0) is 22.6. The molecular weight excluding hydrogens is 419 g/mol. The minimum atomic E-state index is -0.675. The largest absolute Gasteiger partial charge is 0.330 e. The van der Waals surface area contributed by atoms with Crippen LogP contribution in [-0.2, 0) is 13.5 Å². The Labute approximate surface area is 181 Å². The summed E-state index contributed by atoms with van der Waals surface area (Å²) in [6, 6.07) is 5.48. The number of carbonyl (C=O) groups excluding carboxylic acids is 1. The second kappa shape index (κ2) is 7.44. The quantitative estimate of drug-likeness (QED) is 0.471. The molecule has 0 saturated carbocycles. The molecule has 0 N–H and O–H groups in total. The Morgan fingerprint density at radius 2 is 1.66 bits per heavy atom. The molecule has 32 heavy (non-hydrogen) atoms. The second-order valence-electron chi connectivity index (χ2n) is 7.80. The van der Waals surface area contributed by atoms with Crippen molar-refractivity contribution in [1.29, 1.82) is 0 Å². The SMILES string of the molecule is C[C@H]1c2nn(C)c(-c3cc(F)cc(F)c3)c2CCN1C(=O)c1cc2nccnc2cc1F. The number of rotatable bonds is 2. The summed E-state index contributed by atoms with van der Waals surface area (Å²) >= 11 is 0. The van der Waals surface area contributed by atoms with Crippen LogP contribution in [0.2, 0.25) is 0 Å². The first-order chi connectivity index (χ1) is 15.3. The van der Waals surface area contributed by atoms with Gasteiger partial charge >= 0.3 is 0 Å². The maximum atomic E-state index is 14.7. The summed E-state index contributed by atoms with van der Waals surface area (Å²) in [6.45, 7) is 2.11. The van der Waals surface area contributed by atoms with Gasteiger partial charge in [0.15, 0.2) is 0 Å². The molecule has 0 radical (unpaired) electrons. The molecule has 6 nitrogen and oxygen atoms in total. The molecule has 1 aliphatic heterocycles. The third-order valence-corrected chi connectivity index (χ3v) is 5.83. The average molecular weight is 437 g/mol. The molecule has 0 fully saturated rings. The van der Waals surface area contributed by atoms with E-state index in [1.165, 1.54) is 36.7 Å². The summed E-state index contributed by atoms with van der Waals surface area (Å²) in [4.78, 5) is 23.0. The van der Waals surface area contributed by atoms with Crippen molar-refractivity contribution in [2.75, 3.05) is 6.54 Å². The van der Waals surface area contributed by atoms with Gasteiger partial charge in [0.1, 0.15) is 17.5 Å². The molecular formula is C23H18F3N5O. The Bertz CT molecular complexity index is 1360. The van der Waals surface area contributed by atoms with Crippen LogP contribution in [0.15, 0.2) is 42.7 Å². The summed E-state index contributed by atoms with van der Waals surface area (Å²) in [5.41, 5.74) is 3.13. The van der Waals surface area contributed by atoms with Crippen LogP contribution in [0.25, 0.3) is 22.3 Å². The van der Waals surface area contributed by atoms with Crippen molar-refractivity contribution in [2.24, 2.45) is 7.05 Å². The highest BCUT2D eigenvalue weighted by molar-refractivity contribution is 5.98. The summed E-state index contributed by atoms with van der Waals surface area (Å²) in [6.07, 6.45) is 3.36. The lowest BCUT2D eigenvalue weighted by atomic mass is 9.95. The van der Waals surface area contributed by atoms with Gasteiger partial charge in [-0.1, -0.05) is 0 Å². The van der Waals surface area contributed by atoms with Crippen molar-refractivity contribution in [2.45, 2.75) is 19.4 Å². The number of benzene rings is 2. The molecule has 1 amide bonds. The van der Waals surface area contributed by atoms with Gasteiger partial charge in [0.2, 0.25) is 0 Å². The van der Waals surface area contributed by atoms with E-state index in [9.17, 15) is 18.0 Å². The Morgan fingerprint density at radius 1 is 1.00 bits per heavy atom. The number of hydrogen-bond acceptors (Lipinski definition) is 4. The number of halogens is 3. The van der Waals surface area contributed by atoms with E-state index in [1.807, 2.05) is 0 Å². The third-order valence-electron chi connectivity index (χ3n) is 5.83. The molecule has 9 heteroatoms. The average Bonchev–Trinajstić information content (AvgIpc) is 3.09. The second-order valence-corrected chi connectivity index (χ2v) is 7.80. The fourth-order valence-electron chi connectivity index (χ4n) is 4.38. The van der Waals surface area contributed by atoms with Gasteiger partial charge in [-0.25, -0.2) is 13.2 Å². The minimum Gasteiger partial charge on any atom is -0.330 e. The van der Waals surface area contributed by atoms with Gasteiger partial charge in [-0.2, -0.15) is 5.10 Å². The molecule has 0 bridgehead atoms. The lowest BCUT2D eigenvalue weighted by molar-refractivity contribution is 0.0669. The van der Waals surface area contributed by atoms with Gasteiger partial charge in [-0.15, -0.1) is 0 Å². The van der Waals surface area contributed by atoms with E-state index in [2.05, 4.69) is 15.1 Å². The zero-order valence-corrected chi connectivity index (χ0v) is 17.3. The first kappa shape index (κ1) is 20.2. The van der Waals surface area contributed by atoms with Gasteiger partial charge in [-0.3, -0.25) is 19.4 Å². The molecule has 1 aliphatic rings. The number of hydrogen-bond donors (Lipinski definition) is 0. The van der Waals surface area contributed by atoms with Crippen LogP contribution in [0.1, 0.15) is 34.6 Å². The minimum absolute atomic E-state index is 0.0864. The molecule has 162 valence electrons. The van der Waals surface area contributed by atoms with Gasteiger partial charge in [0.25, 0.3) is 5.91 Å². The zero-order valence-electron chi connectivity index (χ0n) is 17.3. The van der Waals surface area contributed by atoms with Gasteiger partial charge < -0.3 is 4.90 Å². The molecule has 1 atom stereocenters. The predicted octanol–water partition coefficient (Wildman–Crippen LogP) is 4.21. The predicted molar refractivity (Wildman–Crippen MR) is 111 cm³/mol. The number of aromatic nitrogens is 4.